The molecule has 0 aliphatic carbocycles. The normalized spacial score (nSPS) is 11.6. The second-order valence-electron chi connectivity index (χ2n) is 7.89. The summed E-state index contributed by atoms with van der Waals surface area (Å²) < 4.78 is 0. The van der Waals surface area contributed by atoms with Crippen molar-refractivity contribution in [2.45, 2.75) is 26.3 Å². The largest absolute Gasteiger partial charge is 0.345 e. The number of thiazole rings is 1. The van der Waals surface area contributed by atoms with Gasteiger partial charge in [0.1, 0.15) is 5.01 Å². The maximum Gasteiger partial charge on any atom is 0.253 e. The summed E-state index contributed by atoms with van der Waals surface area (Å²) in [6, 6.07) is 24.8. The van der Waals surface area contributed by atoms with Gasteiger partial charge in [-0.05, 0) is 31.5 Å². The topological polar surface area (TPSA) is 71.1 Å². The van der Waals surface area contributed by atoms with Gasteiger partial charge in [-0.2, -0.15) is 0 Å². The molecule has 1 aromatic heterocycles. The van der Waals surface area contributed by atoms with Gasteiger partial charge in [0.2, 0.25) is 5.91 Å². The first-order valence-corrected chi connectivity index (χ1v) is 11.6. The van der Waals surface area contributed by atoms with Gasteiger partial charge in [0, 0.05) is 10.9 Å². The van der Waals surface area contributed by atoms with Crippen molar-refractivity contribution in [3.8, 4) is 10.6 Å². The maximum atomic E-state index is 12.9. The smallest absolute Gasteiger partial charge is 0.253 e. The lowest BCUT2D eigenvalue weighted by atomic mass is 10.1. The summed E-state index contributed by atoms with van der Waals surface area (Å²) in [5.74, 6) is -0.454. The third-order valence-corrected chi connectivity index (χ3v) is 6.23. The quantitative estimate of drug-likeness (QED) is 0.370. The molecule has 4 rings (SSSR count). The highest BCUT2D eigenvalue weighted by Crippen LogP contribution is 2.24. The number of carbonyl (C=O) groups is 2. The fourth-order valence-corrected chi connectivity index (χ4v) is 4.29. The number of rotatable bonds is 7. The molecular weight excluding hydrogens is 430 g/mol. The summed E-state index contributed by atoms with van der Waals surface area (Å²) in [5.41, 5.74) is 4.84. The Balaban J connectivity index is 1.42. The van der Waals surface area contributed by atoms with Gasteiger partial charge in [-0.25, -0.2) is 4.98 Å². The fourth-order valence-electron chi connectivity index (χ4n) is 3.47. The van der Waals surface area contributed by atoms with E-state index in [1.165, 1.54) is 16.9 Å². The van der Waals surface area contributed by atoms with Crippen LogP contribution in [-0.2, 0) is 11.2 Å². The first-order valence-electron chi connectivity index (χ1n) is 10.8. The first kappa shape index (κ1) is 22.4. The van der Waals surface area contributed by atoms with Gasteiger partial charge in [-0.1, -0.05) is 72.3 Å². The zero-order chi connectivity index (χ0) is 23.2. The van der Waals surface area contributed by atoms with E-state index in [1.807, 2.05) is 73.8 Å². The molecule has 6 heteroatoms. The highest BCUT2D eigenvalue weighted by atomic mass is 32.1. The van der Waals surface area contributed by atoms with E-state index >= 15 is 0 Å². The average Bonchev–Trinajstić information content (AvgIpc) is 3.28. The van der Waals surface area contributed by atoms with Crippen LogP contribution in [-0.4, -0.2) is 16.8 Å². The van der Waals surface area contributed by atoms with Gasteiger partial charge in [0.05, 0.1) is 29.4 Å². The molecule has 2 N–H and O–H groups in total. The molecular formula is C27H25N3O2S. The third kappa shape index (κ3) is 5.73. The summed E-state index contributed by atoms with van der Waals surface area (Å²) in [6.07, 6.45) is 0.138. The number of hydrogen-bond acceptors (Lipinski definition) is 4. The average molecular weight is 456 g/mol. The minimum Gasteiger partial charge on any atom is -0.345 e. The van der Waals surface area contributed by atoms with Gasteiger partial charge < -0.3 is 10.6 Å². The third-order valence-electron chi connectivity index (χ3n) is 5.28. The van der Waals surface area contributed by atoms with E-state index in [1.54, 1.807) is 24.3 Å². The van der Waals surface area contributed by atoms with Crippen molar-refractivity contribution in [2.75, 3.05) is 5.32 Å². The lowest BCUT2D eigenvalue weighted by Gasteiger charge is -2.16. The Bertz CT molecular complexity index is 1250. The van der Waals surface area contributed by atoms with Crippen molar-refractivity contribution in [1.29, 1.82) is 0 Å². The number of nitrogens with zero attached hydrogens (tertiary/aromatic N) is 1. The Morgan fingerprint density at radius 3 is 2.39 bits per heavy atom. The number of amides is 2. The molecule has 1 unspecified atom stereocenters. The highest BCUT2D eigenvalue weighted by Gasteiger charge is 2.17. The second kappa shape index (κ2) is 10.2. The Morgan fingerprint density at radius 1 is 0.939 bits per heavy atom. The zero-order valence-electron chi connectivity index (χ0n) is 18.5. The van der Waals surface area contributed by atoms with Crippen molar-refractivity contribution in [2.24, 2.45) is 0 Å². The number of benzene rings is 3. The molecule has 1 atom stereocenters. The Morgan fingerprint density at radius 2 is 1.64 bits per heavy atom. The van der Waals surface area contributed by atoms with Crippen LogP contribution in [0.25, 0.3) is 10.6 Å². The minimum atomic E-state index is -0.238. The zero-order valence-corrected chi connectivity index (χ0v) is 19.4. The molecule has 2 amide bonds. The van der Waals surface area contributed by atoms with Crippen molar-refractivity contribution >= 4 is 28.8 Å². The van der Waals surface area contributed by atoms with Crippen LogP contribution in [0.15, 0.2) is 84.2 Å². The molecule has 0 bridgehead atoms. The van der Waals surface area contributed by atoms with Gasteiger partial charge >= 0.3 is 0 Å². The number of anilines is 1. The van der Waals surface area contributed by atoms with Crippen molar-refractivity contribution in [3.05, 3.63) is 107 Å². The molecule has 3 aromatic carbocycles. The van der Waals surface area contributed by atoms with E-state index in [0.29, 0.717) is 16.9 Å². The molecule has 0 fully saturated rings. The summed E-state index contributed by atoms with van der Waals surface area (Å²) in [4.78, 5) is 30.2. The molecule has 5 nitrogen and oxygen atoms in total. The van der Waals surface area contributed by atoms with Crippen LogP contribution >= 0.6 is 11.3 Å². The van der Waals surface area contributed by atoms with E-state index in [9.17, 15) is 9.59 Å². The molecule has 1 heterocycles. The molecule has 0 spiro atoms. The number of hydrogen-bond donors (Lipinski definition) is 2. The van der Waals surface area contributed by atoms with E-state index < -0.39 is 0 Å². The number of para-hydroxylation sites is 1. The van der Waals surface area contributed by atoms with Gasteiger partial charge in [0.25, 0.3) is 5.91 Å². The van der Waals surface area contributed by atoms with E-state index in [2.05, 4.69) is 15.6 Å². The molecule has 0 radical (unpaired) electrons. The van der Waals surface area contributed by atoms with Crippen LogP contribution in [0.1, 0.15) is 40.1 Å². The van der Waals surface area contributed by atoms with Crippen molar-refractivity contribution < 1.29 is 9.59 Å². The summed E-state index contributed by atoms with van der Waals surface area (Å²) in [5, 5.41) is 8.65. The number of aryl methyl sites for hydroxylation is 1. The number of nitrogens with one attached hydrogen (secondary N) is 2. The molecule has 0 aliphatic heterocycles. The molecule has 0 saturated carbocycles. The second-order valence-corrected chi connectivity index (χ2v) is 8.74. The van der Waals surface area contributed by atoms with Crippen LogP contribution in [0.5, 0.6) is 0 Å². The Kier molecular flexibility index (Phi) is 6.95. The monoisotopic (exact) mass is 455 g/mol. The molecule has 0 aliphatic rings. The van der Waals surface area contributed by atoms with E-state index in [-0.39, 0.29) is 24.3 Å². The van der Waals surface area contributed by atoms with Crippen LogP contribution < -0.4 is 10.6 Å². The summed E-state index contributed by atoms with van der Waals surface area (Å²) >= 11 is 1.51. The van der Waals surface area contributed by atoms with Crippen molar-refractivity contribution in [1.82, 2.24) is 10.3 Å². The molecule has 4 aromatic rings. The lowest BCUT2D eigenvalue weighted by Crippen LogP contribution is -2.28. The maximum absolute atomic E-state index is 12.9. The number of carbonyl (C=O) groups excluding carboxylic acids is 2. The first-order chi connectivity index (χ1) is 16.0. The van der Waals surface area contributed by atoms with E-state index in [0.717, 1.165) is 16.1 Å². The Labute approximate surface area is 197 Å². The van der Waals surface area contributed by atoms with Gasteiger partial charge in [0.15, 0.2) is 0 Å². The molecule has 166 valence electrons. The molecule has 0 saturated heterocycles. The van der Waals surface area contributed by atoms with Crippen LogP contribution in [0.2, 0.25) is 0 Å². The highest BCUT2D eigenvalue weighted by molar-refractivity contribution is 7.13. The Hall–Kier alpha value is -3.77. The van der Waals surface area contributed by atoms with Gasteiger partial charge in [-0.3, -0.25) is 9.59 Å². The SMILES string of the molecule is Cc1ccc(-c2nc(CC(=O)Nc3ccccc3C(=O)NC(C)c3ccccc3)cs2)cc1. The predicted molar refractivity (Wildman–Crippen MR) is 133 cm³/mol. The fraction of sp³-hybridized carbons (Fsp3) is 0.148. The molecule has 33 heavy (non-hydrogen) atoms. The van der Waals surface area contributed by atoms with Crippen molar-refractivity contribution in [3.63, 3.8) is 0 Å². The standard InChI is InChI=1S/C27H25N3O2S/c1-18-12-14-21(15-13-18)27-29-22(17-33-27)16-25(31)30-24-11-7-6-10-23(24)26(32)28-19(2)20-8-4-3-5-9-20/h3-15,17,19H,16H2,1-2H3,(H,28,32)(H,30,31). The van der Waals surface area contributed by atoms with Crippen LogP contribution in [0.4, 0.5) is 5.69 Å². The number of aromatic nitrogens is 1. The van der Waals surface area contributed by atoms with Gasteiger partial charge in [-0.15, -0.1) is 11.3 Å². The van der Waals surface area contributed by atoms with Crippen LogP contribution in [0.3, 0.4) is 0 Å². The lowest BCUT2D eigenvalue weighted by molar-refractivity contribution is -0.115. The van der Waals surface area contributed by atoms with Crippen LogP contribution in [0, 0.1) is 6.92 Å². The van der Waals surface area contributed by atoms with E-state index in [4.69, 9.17) is 0 Å². The minimum absolute atomic E-state index is 0.138. The summed E-state index contributed by atoms with van der Waals surface area (Å²) in [6.45, 7) is 3.98. The predicted octanol–water partition coefficient (Wildman–Crippen LogP) is 5.79. The summed E-state index contributed by atoms with van der Waals surface area (Å²) in [7, 11) is 0.